The molecule has 1 aromatic heterocycles. The molecule has 1 N–H and O–H groups in total. The first-order valence-electron chi connectivity index (χ1n) is 7.33. The summed E-state index contributed by atoms with van der Waals surface area (Å²) in [7, 11) is 0. The highest BCUT2D eigenvalue weighted by Gasteiger charge is 2.29. The van der Waals surface area contributed by atoms with Gasteiger partial charge in [-0.05, 0) is 17.7 Å². The second-order valence-corrected chi connectivity index (χ2v) is 5.31. The number of rotatable bonds is 3. The Morgan fingerprint density at radius 1 is 1.33 bits per heavy atom. The first-order chi connectivity index (χ1) is 11.2. The lowest BCUT2D eigenvalue weighted by molar-refractivity contribution is -0.384. The number of non-ortho nitro benzene ring substituents is 1. The summed E-state index contributed by atoms with van der Waals surface area (Å²) in [6.07, 6.45) is 3.43. The molecule has 0 saturated carbocycles. The van der Waals surface area contributed by atoms with E-state index in [1.54, 1.807) is 23.4 Å². The van der Waals surface area contributed by atoms with Crippen LogP contribution >= 0.6 is 12.4 Å². The minimum Gasteiger partial charge on any atom is -0.329 e. The minimum atomic E-state index is -0.493. The molecule has 126 valence electrons. The zero-order chi connectivity index (χ0) is 16.2. The van der Waals surface area contributed by atoms with Crippen LogP contribution in [0.1, 0.15) is 22.0 Å². The molecule has 1 amide bonds. The molecular weight excluding hydrogens is 332 g/mol. The predicted molar refractivity (Wildman–Crippen MR) is 91.2 cm³/mol. The van der Waals surface area contributed by atoms with Crippen LogP contribution in [-0.4, -0.2) is 40.3 Å². The molecule has 1 aliphatic heterocycles. The van der Waals surface area contributed by atoms with E-state index >= 15 is 0 Å². The molecule has 1 saturated heterocycles. The summed E-state index contributed by atoms with van der Waals surface area (Å²) in [6, 6.07) is 9.48. The highest BCUT2D eigenvalue weighted by atomic mass is 35.5. The molecule has 0 spiro atoms. The van der Waals surface area contributed by atoms with Crippen LogP contribution in [0, 0.1) is 10.1 Å². The van der Waals surface area contributed by atoms with Crippen molar-refractivity contribution in [2.24, 2.45) is 0 Å². The van der Waals surface area contributed by atoms with Crippen LogP contribution in [0.25, 0.3) is 0 Å². The van der Waals surface area contributed by atoms with E-state index in [4.69, 9.17) is 0 Å². The average molecular weight is 349 g/mol. The predicted octanol–water partition coefficient (Wildman–Crippen LogP) is 2.20. The largest absolute Gasteiger partial charge is 0.329 e. The van der Waals surface area contributed by atoms with Gasteiger partial charge in [0.15, 0.2) is 0 Å². The molecule has 1 fully saturated rings. The number of carbonyl (C=O) groups is 1. The summed E-state index contributed by atoms with van der Waals surface area (Å²) in [4.78, 5) is 29.1. The lowest BCUT2D eigenvalue weighted by Gasteiger charge is -2.36. The van der Waals surface area contributed by atoms with Crippen LogP contribution in [-0.2, 0) is 0 Å². The van der Waals surface area contributed by atoms with Gasteiger partial charge in [-0.3, -0.25) is 19.9 Å². The summed E-state index contributed by atoms with van der Waals surface area (Å²) >= 11 is 0. The van der Waals surface area contributed by atoms with Crippen LogP contribution in [0.15, 0.2) is 48.8 Å². The SMILES string of the molecule is Cl.O=C(c1cccc([N+](=O)[O-])c1)N1CCNCC1c1cccnc1. The highest BCUT2D eigenvalue weighted by Crippen LogP contribution is 2.24. The lowest BCUT2D eigenvalue weighted by Crippen LogP contribution is -2.48. The van der Waals surface area contributed by atoms with E-state index in [9.17, 15) is 14.9 Å². The van der Waals surface area contributed by atoms with Gasteiger partial charge < -0.3 is 10.2 Å². The summed E-state index contributed by atoms with van der Waals surface area (Å²) in [5, 5.41) is 14.2. The number of nitrogens with zero attached hydrogens (tertiary/aromatic N) is 3. The van der Waals surface area contributed by atoms with Crippen LogP contribution < -0.4 is 5.32 Å². The van der Waals surface area contributed by atoms with E-state index in [0.717, 1.165) is 5.56 Å². The van der Waals surface area contributed by atoms with Crippen LogP contribution in [0.4, 0.5) is 5.69 Å². The Bertz CT molecular complexity index is 726. The van der Waals surface area contributed by atoms with Crippen molar-refractivity contribution in [2.45, 2.75) is 6.04 Å². The molecule has 24 heavy (non-hydrogen) atoms. The second-order valence-electron chi connectivity index (χ2n) is 5.31. The van der Waals surface area contributed by atoms with Crippen molar-refractivity contribution >= 4 is 24.0 Å². The van der Waals surface area contributed by atoms with Crippen molar-refractivity contribution in [3.8, 4) is 0 Å². The first-order valence-corrected chi connectivity index (χ1v) is 7.33. The Hall–Kier alpha value is -2.51. The molecule has 1 atom stereocenters. The van der Waals surface area contributed by atoms with Gasteiger partial charge in [-0.15, -0.1) is 12.4 Å². The normalized spacial score (nSPS) is 17.0. The number of benzene rings is 1. The van der Waals surface area contributed by atoms with Crippen molar-refractivity contribution in [1.29, 1.82) is 0 Å². The second kappa shape index (κ2) is 7.85. The van der Waals surface area contributed by atoms with Crippen LogP contribution in [0.2, 0.25) is 0 Å². The number of nitro groups is 1. The molecule has 1 unspecified atom stereocenters. The Kier molecular flexibility index (Phi) is 5.83. The fourth-order valence-corrected chi connectivity index (χ4v) is 2.74. The lowest BCUT2D eigenvalue weighted by atomic mass is 10.0. The maximum atomic E-state index is 12.8. The number of halogens is 1. The maximum Gasteiger partial charge on any atom is 0.270 e. The smallest absolute Gasteiger partial charge is 0.270 e. The zero-order valence-electron chi connectivity index (χ0n) is 12.8. The Balaban J connectivity index is 0.00000208. The zero-order valence-corrected chi connectivity index (χ0v) is 13.6. The summed E-state index contributed by atoms with van der Waals surface area (Å²) in [5.41, 5.74) is 1.19. The molecule has 0 aliphatic carbocycles. The summed E-state index contributed by atoms with van der Waals surface area (Å²) in [5.74, 6) is -0.205. The van der Waals surface area contributed by atoms with Crippen molar-refractivity contribution in [3.63, 3.8) is 0 Å². The number of hydrogen-bond donors (Lipinski definition) is 1. The van der Waals surface area contributed by atoms with Crippen LogP contribution in [0.3, 0.4) is 0 Å². The average Bonchev–Trinajstić information content (AvgIpc) is 2.62. The third kappa shape index (κ3) is 3.69. The number of carbonyl (C=O) groups excluding carboxylic acids is 1. The maximum absolute atomic E-state index is 12.8. The van der Waals surface area contributed by atoms with E-state index < -0.39 is 4.92 Å². The third-order valence-electron chi connectivity index (χ3n) is 3.88. The Morgan fingerprint density at radius 3 is 2.88 bits per heavy atom. The van der Waals surface area contributed by atoms with Gasteiger partial charge in [-0.25, -0.2) is 0 Å². The molecule has 1 aliphatic rings. The van der Waals surface area contributed by atoms with Gasteiger partial charge >= 0.3 is 0 Å². The molecule has 2 aromatic rings. The summed E-state index contributed by atoms with van der Waals surface area (Å²) < 4.78 is 0. The Morgan fingerprint density at radius 2 is 2.17 bits per heavy atom. The van der Waals surface area contributed by atoms with Gasteiger partial charge in [0.05, 0.1) is 11.0 Å². The number of nitrogens with one attached hydrogen (secondary N) is 1. The Labute approximate surface area is 145 Å². The quantitative estimate of drug-likeness (QED) is 0.678. The van der Waals surface area contributed by atoms with Gasteiger partial charge in [0, 0.05) is 49.7 Å². The van der Waals surface area contributed by atoms with E-state index in [2.05, 4.69) is 10.3 Å². The van der Waals surface area contributed by atoms with Crippen molar-refractivity contribution in [2.75, 3.05) is 19.6 Å². The van der Waals surface area contributed by atoms with E-state index in [0.29, 0.717) is 25.2 Å². The third-order valence-corrected chi connectivity index (χ3v) is 3.88. The topological polar surface area (TPSA) is 88.4 Å². The molecule has 7 nitrogen and oxygen atoms in total. The van der Waals surface area contributed by atoms with Crippen LogP contribution in [0.5, 0.6) is 0 Å². The molecule has 0 radical (unpaired) electrons. The van der Waals surface area contributed by atoms with E-state index in [1.807, 2.05) is 12.1 Å². The number of piperazine rings is 1. The van der Waals surface area contributed by atoms with Gasteiger partial charge in [0.1, 0.15) is 0 Å². The summed E-state index contributed by atoms with van der Waals surface area (Å²) in [6.45, 7) is 1.87. The molecule has 3 rings (SSSR count). The van der Waals surface area contributed by atoms with Gasteiger partial charge in [0.25, 0.3) is 11.6 Å². The number of amides is 1. The number of aromatic nitrogens is 1. The fraction of sp³-hybridized carbons (Fsp3) is 0.250. The van der Waals surface area contributed by atoms with Crippen molar-refractivity contribution < 1.29 is 9.72 Å². The van der Waals surface area contributed by atoms with Gasteiger partial charge in [-0.2, -0.15) is 0 Å². The first kappa shape index (κ1) is 17.8. The standard InChI is InChI=1S/C16H16N4O3.ClH/c21-16(12-3-1-5-14(9-12)20(22)23)19-8-7-18-11-15(19)13-4-2-6-17-10-13;/h1-6,9-10,15,18H,7-8,11H2;1H. The molecule has 2 heterocycles. The molecule has 8 heteroatoms. The van der Waals surface area contributed by atoms with Crippen molar-refractivity contribution in [1.82, 2.24) is 15.2 Å². The minimum absolute atomic E-state index is 0. The number of pyridine rings is 1. The molecular formula is C16H17ClN4O3. The van der Waals surface area contributed by atoms with E-state index in [-0.39, 0.29) is 30.0 Å². The van der Waals surface area contributed by atoms with E-state index in [1.165, 1.54) is 18.2 Å². The highest BCUT2D eigenvalue weighted by molar-refractivity contribution is 5.95. The van der Waals surface area contributed by atoms with Gasteiger partial charge in [-0.1, -0.05) is 12.1 Å². The molecule has 0 bridgehead atoms. The van der Waals surface area contributed by atoms with Crippen molar-refractivity contribution in [3.05, 3.63) is 70.0 Å². The number of hydrogen-bond acceptors (Lipinski definition) is 5. The fourth-order valence-electron chi connectivity index (χ4n) is 2.74. The monoisotopic (exact) mass is 348 g/mol. The van der Waals surface area contributed by atoms with Gasteiger partial charge in [0.2, 0.25) is 0 Å². The number of nitro benzene ring substituents is 1. The molecule has 1 aromatic carbocycles.